The zero-order chi connectivity index (χ0) is 16.1. The second-order valence-electron chi connectivity index (χ2n) is 3.99. The summed E-state index contributed by atoms with van der Waals surface area (Å²) < 4.78 is 0. The van der Waals surface area contributed by atoms with Crippen LogP contribution in [-0.2, 0) is 0 Å². The molecule has 0 heterocycles. The van der Waals surface area contributed by atoms with Crippen molar-refractivity contribution >= 4 is 0 Å². The molecule has 0 nitrogen and oxygen atoms in total. The molecule has 0 rings (SSSR count). The van der Waals surface area contributed by atoms with Crippen LogP contribution in [0.25, 0.3) is 0 Å². The van der Waals surface area contributed by atoms with Crippen LogP contribution in [0.2, 0.25) is 0 Å². The van der Waals surface area contributed by atoms with Crippen LogP contribution in [0.15, 0.2) is 0 Å². The van der Waals surface area contributed by atoms with Crippen LogP contribution in [0.3, 0.4) is 0 Å². The molecule has 0 aromatic heterocycles. The SMILES string of the molecule is C.CC.CC.CC.CC.CCC(C)C(C)CC(C)C. The van der Waals surface area contributed by atoms with Gasteiger partial charge in [0.15, 0.2) is 0 Å². The largest absolute Gasteiger partial charge is 0.0776 e. The molecular formula is C19H50. The summed E-state index contributed by atoms with van der Waals surface area (Å²) in [6.45, 7) is 27.6. The van der Waals surface area contributed by atoms with E-state index >= 15 is 0 Å². The first-order valence-corrected chi connectivity index (χ1v) is 8.57. The molecule has 0 fully saturated rings. The summed E-state index contributed by atoms with van der Waals surface area (Å²) in [5.74, 6) is 2.68. The van der Waals surface area contributed by atoms with Crippen LogP contribution >= 0.6 is 0 Å². The van der Waals surface area contributed by atoms with E-state index in [0.717, 1.165) is 17.8 Å². The summed E-state index contributed by atoms with van der Waals surface area (Å²) in [7, 11) is 0. The molecule has 0 spiro atoms. The summed E-state index contributed by atoms with van der Waals surface area (Å²) in [5.41, 5.74) is 0. The zero-order valence-corrected chi connectivity index (χ0v) is 16.1. The third-order valence-corrected chi connectivity index (χ3v) is 2.46. The lowest BCUT2D eigenvalue weighted by Gasteiger charge is -2.19. The monoisotopic (exact) mass is 278 g/mol. The van der Waals surface area contributed by atoms with Gasteiger partial charge in [-0.25, -0.2) is 0 Å². The van der Waals surface area contributed by atoms with Crippen molar-refractivity contribution in [2.75, 3.05) is 0 Å². The predicted octanol–water partition coefficient (Wildman–Crippen LogP) is 8.46. The average molecular weight is 279 g/mol. The van der Waals surface area contributed by atoms with E-state index in [2.05, 4.69) is 34.6 Å². The van der Waals surface area contributed by atoms with Gasteiger partial charge in [0.05, 0.1) is 0 Å². The predicted molar refractivity (Wildman–Crippen MR) is 100 cm³/mol. The minimum Gasteiger partial charge on any atom is -0.0776 e. The number of hydrogen-bond donors (Lipinski definition) is 0. The first kappa shape index (κ1) is 36.4. The molecule has 0 bridgehead atoms. The van der Waals surface area contributed by atoms with E-state index in [0.29, 0.717) is 0 Å². The molecule has 2 unspecified atom stereocenters. The van der Waals surface area contributed by atoms with Gasteiger partial charge in [0.1, 0.15) is 0 Å². The summed E-state index contributed by atoms with van der Waals surface area (Å²) >= 11 is 0. The van der Waals surface area contributed by atoms with Crippen molar-refractivity contribution in [3.05, 3.63) is 0 Å². The van der Waals surface area contributed by atoms with Gasteiger partial charge in [0.25, 0.3) is 0 Å². The lowest BCUT2D eigenvalue weighted by molar-refractivity contribution is 0.316. The van der Waals surface area contributed by atoms with Gasteiger partial charge >= 0.3 is 0 Å². The van der Waals surface area contributed by atoms with Gasteiger partial charge in [-0.15, -0.1) is 0 Å². The molecule has 0 radical (unpaired) electrons. The van der Waals surface area contributed by atoms with Gasteiger partial charge in [-0.2, -0.15) is 0 Å². The molecule has 0 saturated heterocycles. The minimum atomic E-state index is 0. The molecule has 126 valence electrons. The highest BCUT2D eigenvalue weighted by molar-refractivity contribution is 4.61. The van der Waals surface area contributed by atoms with Gasteiger partial charge < -0.3 is 0 Å². The Morgan fingerprint density at radius 2 is 0.842 bits per heavy atom. The zero-order valence-electron chi connectivity index (χ0n) is 16.1. The van der Waals surface area contributed by atoms with E-state index in [4.69, 9.17) is 0 Å². The van der Waals surface area contributed by atoms with E-state index in [1.165, 1.54) is 12.8 Å². The summed E-state index contributed by atoms with van der Waals surface area (Å²) in [6.07, 6.45) is 2.71. The second kappa shape index (κ2) is 43.0. The molecule has 0 aromatic carbocycles. The van der Waals surface area contributed by atoms with Gasteiger partial charge in [-0.05, 0) is 24.2 Å². The second-order valence-corrected chi connectivity index (χ2v) is 3.99. The quantitative estimate of drug-likeness (QED) is 0.484. The molecule has 0 heteroatoms. The summed E-state index contributed by atoms with van der Waals surface area (Å²) in [5, 5.41) is 0. The van der Waals surface area contributed by atoms with Crippen LogP contribution in [0.5, 0.6) is 0 Å². The Morgan fingerprint density at radius 3 is 1.00 bits per heavy atom. The third kappa shape index (κ3) is 46.1. The molecule has 0 aliphatic rings. The molecular weight excluding hydrogens is 228 g/mol. The van der Waals surface area contributed by atoms with Crippen LogP contribution in [-0.4, -0.2) is 0 Å². The molecule has 0 N–H and O–H groups in total. The molecule has 0 saturated carbocycles. The summed E-state index contributed by atoms with van der Waals surface area (Å²) in [4.78, 5) is 0. The Morgan fingerprint density at radius 1 is 0.579 bits per heavy atom. The van der Waals surface area contributed by atoms with Gasteiger partial charge in [-0.1, -0.05) is 104 Å². The van der Waals surface area contributed by atoms with Crippen molar-refractivity contribution in [2.45, 2.75) is 110 Å². The fourth-order valence-corrected chi connectivity index (χ4v) is 1.38. The van der Waals surface area contributed by atoms with Crippen LogP contribution in [0, 0.1) is 17.8 Å². The molecule has 2 atom stereocenters. The van der Waals surface area contributed by atoms with Crippen LogP contribution in [0.4, 0.5) is 0 Å². The maximum Gasteiger partial charge on any atom is -0.0415 e. The van der Waals surface area contributed by atoms with Crippen molar-refractivity contribution < 1.29 is 0 Å². The number of hydrogen-bond acceptors (Lipinski definition) is 0. The van der Waals surface area contributed by atoms with E-state index in [9.17, 15) is 0 Å². The van der Waals surface area contributed by atoms with Crippen molar-refractivity contribution in [2.24, 2.45) is 17.8 Å². The molecule has 0 aromatic rings. The molecule has 0 amide bonds. The molecule has 0 aliphatic heterocycles. The van der Waals surface area contributed by atoms with Gasteiger partial charge in [0.2, 0.25) is 0 Å². The lowest BCUT2D eigenvalue weighted by Crippen LogP contribution is -2.09. The maximum atomic E-state index is 2.37. The van der Waals surface area contributed by atoms with Crippen LogP contribution < -0.4 is 0 Å². The minimum absolute atomic E-state index is 0. The average Bonchev–Trinajstić information content (AvgIpc) is 2.46. The third-order valence-electron chi connectivity index (χ3n) is 2.46. The fourth-order valence-electron chi connectivity index (χ4n) is 1.38. The topological polar surface area (TPSA) is 0 Å². The first-order valence-electron chi connectivity index (χ1n) is 8.57. The lowest BCUT2D eigenvalue weighted by atomic mass is 9.87. The van der Waals surface area contributed by atoms with E-state index in [1.807, 2.05) is 55.4 Å². The van der Waals surface area contributed by atoms with Crippen molar-refractivity contribution in [3.63, 3.8) is 0 Å². The maximum absolute atomic E-state index is 2.37. The van der Waals surface area contributed by atoms with Crippen molar-refractivity contribution in [3.8, 4) is 0 Å². The van der Waals surface area contributed by atoms with E-state index < -0.39 is 0 Å². The number of rotatable bonds is 4. The first-order chi connectivity index (χ1) is 8.57. The van der Waals surface area contributed by atoms with Gasteiger partial charge in [-0.3, -0.25) is 0 Å². The normalized spacial score (nSPS) is 10.4. The Labute approximate surface area is 128 Å². The van der Waals surface area contributed by atoms with Gasteiger partial charge in [0, 0.05) is 0 Å². The highest BCUT2D eigenvalue weighted by Crippen LogP contribution is 2.21. The summed E-state index contributed by atoms with van der Waals surface area (Å²) in [6, 6.07) is 0. The smallest absolute Gasteiger partial charge is 0.0415 e. The van der Waals surface area contributed by atoms with Crippen LogP contribution in [0.1, 0.15) is 110 Å². The van der Waals surface area contributed by atoms with E-state index in [-0.39, 0.29) is 7.43 Å². The van der Waals surface area contributed by atoms with Crippen molar-refractivity contribution in [1.82, 2.24) is 0 Å². The highest BCUT2D eigenvalue weighted by atomic mass is 14.2. The van der Waals surface area contributed by atoms with E-state index in [1.54, 1.807) is 0 Å². The Balaban J connectivity index is -0.0000000401. The molecule has 0 aliphatic carbocycles. The van der Waals surface area contributed by atoms with Crippen molar-refractivity contribution in [1.29, 1.82) is 0 Å². The Bertz CT molecular complexity index is 74.1. The molecule has 19 heavy (non-hydrogen) atoms. The Kier molecular flexibility index (Phi) is 82.4. The standard InChI is InChI=1S/C10H22.4C2H6.CH4/c1-6-9(4)10(5)7-8(2)3;4*1-2;/h8-10H,6-7H2,1-5H3;4*1-2H3;1H4. The fraction of sp³-hybridized carbons (Fsp3) is 1.00. The highest BCUT2D eigenvalue weighted by Gasteiger charge is 2.10. The Hall–Kier alpha value is 0.